The Bertz CT molecular complexity index is 299. The average Bonchev–Trinajstić information content (AvgIpc) is 2.30. The molecule has 1 saturated heterocycles. The molecule has 0 saturated carbocycles. The van der Waals surface area contributed by atoms with Crippen LogP contribution in [0.15, 0.2) is 24.5 Å². The van der Waals surface area contributed by atoms with E-state index < -0.39 is 0 Å². The molecular formula is C13H21N3. The standard InChI is InChI=1S/C13H21N3/c1-12-5-8-14-7-3-9-16(12)11-13-4-2-6-15-10-13/h2,4,6,10,12,14H,3,5,7-9,11H2,1H3. The van der Waals surface area contributed by atoms with Gasteiger partial charge in [0.15, 0.2) is 0 Å². The molecular weight excluding hydrogens is 198 g/mol. The zero-order valence-electron chi connectivity index (χ0n) is 10.0. The molecule has 1 aliphatic heterocycles. The largest absolute Gasteiger partial charge is 0.317 e. The molecule has 0 aliphatic carbocycles. The Morgan fingerprint density at radius 1 is 1.50 bits per heavy atom. The SMILES string of the molecule is CC1CCNCCCN1Cc1cccnc1. The molecule has 0 radical (unpaired) electrons. The van der Waals surface area contributed by atoms with Crippen LogP contribution in [0.25, 0.3) is 0 Å². The van der Waals surface area contributed by atoms with Crippen LogP contribution in [0.4, 0.5) is 0 Å². The topological polar surface area (TPSA) is 28.2 Å². The molecule has 1 fully saturated rings. The highest BCUT2D eigenvalue weighted by Crippen LogP contribution is 2.11. The fraction of sp³-hybridized carbons (Fsp3) is 0.615. The van der Waals surface area contributed by atoms with Crippen LogP contribution in [0, 0.1) is 0 Å². The number of aromatic nitrogens is 1. The first-order valence-corrected chi connectivity index (χ1v) is 6.20. The third-order valence-corrected chi connectivity index (χ3v) is 3.27. The molecule has 0 bridgehead atoms. The summed E-state index contributed by atoms with van der Waals surface area (Å²) in [6.07, 6.45) is 6.29. The maximum atomic E-state index is 4.18. The van der Waals surface area contributed by atoms with E-state index in [0.717, 1.165) is 19.6 Å². The van der Waals surface area contributed by atoms with Gasteiger partial charge in [-0.1, -0.05) is 6.07 Å². The van der Waals surface area contributed by atoms with Crippen molar-refractivity contribution < 1.29 is 0 Å². The number of hydrogen-bond acceptors (Lipinski definition) is 3. The van der Waals surface area contributed by atoms with Gasteiger partial charge in [0.1, 0.15) is 0 Å². The van der Waals surface area contributed by atoms with Crippen molar-refractivity contribution in [1.29, 1.82) is 0 Å². The number of hydrogen-bond donors (Lipinski definition) is 1. The summed E-state index contributed by atoms with van der Waals surface area (Å²) in [5, 5.41) is 3.46. The lowest BCUT2D eigenvalue weighted by molar-refractivity contribution is 0.177. The predicted octanol–water partition coefficient (Wildman–Crippen LogP) is 1.66. The Balaban J connectivity index is 1.95. The van der Waals surface area contributed by atoms with Crippen molar-refractivity contribution in [2.75, 3.05) is 19.6 Å². The molecule has 1 unspecified atom stereocenters. The maximum Gasteiger partial charge on any atom is 0.0312 e. The van der Waals surface area contributed by atoms with Crippen LogP contribution in [-0.4, -0.2) is 35.6 Å². The normalized spacial score (nSPS) is 23.7. The second-order valence-corrected chi connectivity index (χ2v) is 4.57. The van der Waals surface area contributed by atoms with E-state index in [1.807, 2.05) is 18.5 Å². The molecule has 16 heavy (non-hydrogen) atoms. The molecule has 2 rings (SSSR count). The summed E-state index contributed by atoms with van der Waals surface area (Å²) >= 11 is 0. The number of rotatable bonds is 2. The summed E-state index contributed by atoms with van der Waals surface area (Å²) in [7, 11) is 0. The van der Waals surface area contributed by atoms with Crippen LogP contribution in [-0.2, 0) is 6.54 Å². The van der Waals surface area contributed by atoms with Crippen LogP contribution in [0.2, 0.25) is 0 Å². The van der Waals surface area contributed by atoms with Gasteiger partial charge in [-0.05, 0) is 51.0 Å². The first kappa shape index (κ1) is 11.6. The van der Waals surface area contributed by atoms with Gasteiger partial charge in [0.2, 0.25) is 0 Å². The van der Waals surface area contributed by atoms with E-state index in [2.05, 4.69) is 28.2 Å². The zero-order chi connectivity index (χ0) is 11.2. The summed E-state index contributed by atoms with van der Waals surface area (Å²) in [6, 6.07) is 4.84. The van der Waals surface area contributed by atoms with Crippen molar-refractivity contribution in [3.63, 3.8) is 0 Å². The van der Waals surface area contributed by atoms with Gasteiger partial charge in [-0.25, -0.2) is 0 Å². The van der Waals surface area contributed by atoms with Crippen LogP contribution in [0.3, 0.4) is 0 Å². The minimum atomic E-state index is 0.660. The molecule has 1 aliphatic rings. The predicted molar refractivity (Wildman–Crippen MR) is 66.2 cm³/mol. The van der Waals surface area contributed by atoms with Gasteiger partial charge in [0, 0.05) is 25.0 Å². The van der Waals surface area contributed by atoms with Crippen molar-refractivity contribution in [3.05, 3.63) is 30.1 Å². The lowest BCUT2D eigenvalue weighted by atomic mass is 10.1. The summed E-state index contributed by atoms with van der Waals surface area (Å²) < 4.78 is 0. The summed E-state index contributed by atoms with van der Waals surface area (Å²) in [5.74, 6) is 0. The lowest BCUT2D eigenvalue weighted by Crippen LogP contribution is -2.39. The molecule has 1 aromatic heterocycles. The average molecular weight is 219 g/mol. The molecule has 3 nitrogen and oxygen atoms in total. The van der Waals surface area contributed by atoms with Crippen molar-refractivity contribution in [1.82, 2.24) is 15.2 Å². The summed E-state index contributed by atoms with van der Waals surface area (Å²) in [6.45, 7) is 6.84. The molecule has 0 aromatic carbocycles. The fourth-order valence-corrected chi connectivity index (χ4v) is 2.21. The summed E-state index contributed by atoms with van der Waals surface area (Å²) in [4.78, 5) is 6.75. The molecule has 2 heterocycles. The van der Waals surface area contributed by atoms with Gasteiger partial charge < -0.3 is 5.32 Å². The quantitative estimate of drug-likeness (QED) is 0.820. The molecule has 1 atom stereocenters. The molecule has 3 heteroatoms. The van der Waals surface area contributed by atoms with Crippen LogP contribution < -0.4 is 5.32 Å². The van der Waals surface area contributed by atoms with Crippen molar-refractivity contribution in [2.24, 2.45) is 0 Å². The van der Waals surface area contributed by atoms with Gasteiger partial charge in [-0.3, -0.25) is 9.88 Å². The molecule has 1 N–H and O–H groups in total. The van der Waals surface area contributed by atoms with Gasteiger partial charge in [0.25, 0.3) is 0 Å². The van der Waals surface area contributed by atoms with Crippen molar-refractivity contribution in [3.8, 4) is 0 Å². The Hall–Kier alpha value is -0.930. The highest BCUT2D eigenvalue weighted by molar-refractivity contribution is 5.08. The van der Waals surface area contributed by atoms with E-state index in [-0.39, 0.29) is 0 Å². The van der Waals surface area contributed by atoms with Crippen LogP contribution >= 0.6 is 0 Å². The number of pyridine rings is 1. The third-order valence-electron chi connectivity index (χ3n) is 3.27. The van der Waals surface area contributed by atoms with E-state index >= 15 is 0 Å². The Morgan fingerprint density at radius 3 is 3.25 bits per heavy atom. The van der Waals surface area contributed by atoms with Crippen molar-refractivity contribution >= 4 is 0 Å². The third kappa shape index (κ3) is 3.29. The molecule has 1 aromatic rings. The van der Waals surface area contributed by atoms with E-state index in [0.29, 0.717) is 6.04 Å². The Morgan fingerprint density at radius 2 is 2.44 bits per heavy atom. The zero-order valence-corrected chi connectivity index (χ0v) is 10.0. The molecule has 0 spiro atoms. The first-order chi connectivity index (χ1) is 7.86. The van der Waals surface area contributed by atoms with Gasteiger partial charge in [-0.2, -0.15) is 0 Å². The molecule has 0 amide bonds. The highest BCUT2D eigenvalue weighted by atomic mass is 15.2. The van der Waals surface area contributed by atoms with Gasteiger partial charge >= 0.3 is 0 Å². The van der Waals surface area contributed by atoms with E-state index in [4.69, 9.17) is 0 Å². The smallest absolute Gasteiger partial charge is 0.0312 e. The lowest BCUT2D eigenvalue weighted by Gasteiger charge is -2.31. The first-order valence-electron chi connectivity index (χ1n) is 6.20. The van der Waals surface area contributed by atoms with Crippen LogP contribution in [0.5, 0.6) is 0 Å². The Kier molecular flexibility index (Phi) is 4.31. The fourth-order valence-electron chi connectivity index (χ4n) is 2.21. The maximum absolute atomic E-state index is 4.18. The van der Waals surface area contributed by atoms with Gasteiger partial charge in [-0.15, -0.1) is 0 Å². The minimum absolute atomic E-state index is 0.660. The van der Waals surface area contributed by atoms with E-state index in [1.165, 1.54) is 24.9 Å². The van der Waals surface area contributed by atoms with Crippen molar-refractivity contribution in [2.45, 2.75) is 32.4 Å². The van der Waals surface area contributed by atoms with Crippen LogP contribution in [0.1, 0.15) is 25.3 Å². The Labute approximate surface area is 97.9 Å². The molecule has 88 valence electrons. The highest BCUT2D eigenvalue weighted by Gasteiger charge is 2.15. The number of nitrogens with zero attached hydrogens (tertiary/aromatic N) is 2. The van der Waals surface area contributed by atoms with E-state index in [9.17, 15) is 0 Å². The second kappa shape index (κ2) is 5.97. The van der Waals surface area contributed by atoms with E-state index in [1.54, 1.807) is 0 Å². The summed E-state index contributed by atoms with van der Waals surface area (Å²) in [5.41, 5.74) is 1.32. The second-order valence-electron chi connectivity index (χ2n) is 4.57. The minimum Gasteiger partial charge on any atom is -0.317 e. The monoisotopic (exact) mass is 219 g/mol. The van der Waals surface area contributed by atoms with Gasteiger partial charge in [0.05, 0.1) is 0 Å². The number of nitrogens with one attached hydrogen (secondary N) is 1.